The first-order valence-electron chi connectivity index (χ1n) is 3.76. The van der Waals surface area contributed by atoms with Crippen LogP contribution in [0.4, 0.5) is 0 Å². The quantitative estimate of drug-likeness (QED) is 0.447. The van der Waals surface area contributed by atoms with Gasteiger partial charge in [0.1, 0.15) is 0 Å². The van der Waals surface area contributed by atoms with Crippen LogP contribution in [0.3, 0.4) is 0 Å². The summed E-state index contributed by atoms with van der Waals surface area (Å²) in [6.45, 7) is 5.21. The first-order chi connectivity index (χ1) is 5.16. The second-order valence-corrected chi connectivity index (χ2v) is 2.91. The molecule has 0 aromatic carbocycles. The molecule has 1 rings (SSSR count). The van der Waals surface area contributed by atoms with Gasteiger partial charge in [0.25, 0.3) is 0 Å². The molecule has 1 aliphatic rings. The number of aliphatic hydroxyl groups is 1. The molecule has 1 heterocycles. The Balaban J connectivity index is 2.47. The van der Waals surface area contributed by atoms with Gasteiger partial charge >= 0.3 is 0 Å². The number of hydrogen-bond donors (Lipinski definition) is 2. The van der Waals surface area contributed by atoms with Gasteiger partial charge in [0.05, 0.1) is 12.0 Å². The van der Waals surface area contributed by atoms with Crippen molar-refractivity contribution in [2.45, 2.75) is 25.5 Å². The molecule has 0 aromatic rings. The van der Waals surface area contributed by atoms with Gasteiger partial charge in [-0.2, -0.15) is 0 Å². The molecule has 62 valence electrons. The van der Waals surface area contributed by atoms with Crippen molar-refractivity contribution in [1.29, 1.82) is 0 Å². The van der Waals surface area contributed by atoms with Gasteiger partial charge in [-0.3, -0.25) is 4.79 Å². The zero-order valence-corrected chi connectivity index (χ0v) is 6.58. The number of amides is 1. The van der Waals surface area contributed by atoms with Crippen LogP contribution in [0.2, 0.25) is 0 Å². The molecule has 0 aliphatic carbocycles. The first kappa shape index (κ1) is 8.27. The average Bonchev–Trinajstić information content (AvgIpc) is 1.85. The average molecular weight is 155 g/mol. The summed E-state index contributed by atoms with van der Waals surface area (Å²) >= 11 is 0. The van der Waals surface area contributed by atoms with E-state index in [2.05, 4.69) is 11.9 Å². The molecule has 1 fully saturated rings. The number of aliphatic hydroxyl groups excluding tert-OH is 1. The van der Waals surface area contributed by atoms with Crippen molar-refractivity contribution in [3.63, 3.8) is 0 Å². The zero-order valence-electron chi connectivity index (χ0n) is 6.58. The maximum atomic E-state index is 10.9. The van der Waals surface area contributed by atoms with Crippen LogP contribution < -0.4 is 5.32 Å². The number of carbonyl (C=O) groups excluding carboxylic acids is 1. The molecule has 11 heavy (non-hydrogen) atoms. The van der Waals surface area contributed by atoms with Crippen molar-refractivity contribution in [2.24, 2.45) is 5.92 Å². The van der Waals surface area contributed by atoms with Crippen LogP contribution in [0.25, 0.3) is 0 Å². The lowest BCUT2D eigenvalue weighted by atomic mass is 9.84. The normalized spacial score (nSPS) is 32.0. The minimum atomic E-state index is -0.548. The van der Waals surface area contributed by atoms with Gasteiger partial charge in [-0.25, -0.2) is 0 Å². The molecule has 0 aromatic heterocycles. The molecule has 0 unspecified atom stereocenters. The predicted molar refractivity (Wildman–Crippen MR) is 41.9 cm³/mol. The van der Waals surface area contributed by atoms with E-state index in [1.54, 1.807) is 13.0 Å². The van der Waals surface area contributed by atoms with Gasteiger partial charge in [-0.1, -0.05) is 6.08 Å². The maximum absolute atomic E-state index is 10.9. The Morgan fingerprint density at radius 3 is 2.91 bits per heavy atom. The molecule has 0 spiro atoms. The van der Waals surface area contributed by atoms with Crippen molar-refractivity contribution >= 4 is 5.91 Å². The molecule has 0 bridgehead atoms. The van der Waals surface area contributed by atoms with E-state index in [1.807, 2.05) is 0 Å². The Morgan fingerprint density at radius 1 is 1.91 bits per heavy atom. The van der Waals surface area contributed by atoms with Crippen LogP contribution in [0.5, 0.6) is 0 Å². The molecule has 0 saturated carbocycles. The van der Waals surface area contributed by atoms with E-state index in [0.29, 0.717) is 0 Å². The van der Waals surface area contributed by atoms with Gasteiger partial charge in [0, 0.05) is 6.04 Å². The molecule has 2 N–H and O–H groups in total. The van der Waals surface area contributed by atoms with Crippen molar-refractivity contribution < 1.29 is 9.90 Å². The maximum Gasteiger partial charge on any atom is 0.228 e. The summed E-state index contributed by atoms with van der Waals surface area (Å²) in [4.78, 5) is 10.9. The molecule has 0 radical (unpaired) electrons. The zero-order chi connectivity index (χ0) is 8.43. The van der Waals surface area contributed by atoms with E-state index in [1.165, 1.54) is 0 Å². The molecule has 3 heteroatoms. The Labute approximate surface area is 66.1 Å². The van der Waals surface area contributed by atoms with Crippen LogP contribution in [-0.4, -0.2) is 23.2 Å². The van der Waals surface area contributed by atoms with E-state index in [0.717, 1.165) is 6.42 Å². The number of hydrogen-bond acceptors (Lipinski definition) is 2. The Hall–Kier alpha value is -0.830. The highest BCUT2D eigenvalue weighted by molar-refractivity contribution is 5.86. The topological polar surface area (TPSA) is 49.3 Å². The standard InChI is InChI=1S/C8H13NO2/c1-3-4-6-7(5(2)10)8(11)9-6/h3,5-7,10H,1,4H2,2H3,(H,9,11)/t5-,6-,7-/m1/s1. The molecule has 1 amide bonds. The van der Waals surface area contributed by atoms with E-state index < -0.39 is 6.10 Å². The lowest BCUT2D eigenvalue weighted by molar-refractivity contribution is -0.140. The van der Waals surface area contributed by atoms with Crippen molar-refractivity contribution in [1.82, 2.24) is 5.32 Å². The number of nitrogens with one attached hydrogen (secondary N) is 1. The molecule has 1 saturated heterocycles. The SMILES string of the molecule is C=CC[C@H]1NC(=O)[C@@H]1[C@@H](C)O. The lowest BCUT2D eigenvalue weighted by Crippen LogP contribution is -2.61. The molecular formula is C8H13NO2. The van der Waals surface area contributed by atoms with E-state index in [4.69, 9.17) is 5.11 Å². The van der Waals surface area contributed by atoms with Gasteiger partial charge in [-0.05, 0) is 13.3 Å². The summed E-state index contributed by atoms with van der Waals surface area (Å²) in [6.07, 6.45) is 1.94. The van der Waals surface area contributed by atoms with Gasteiger partial charge in [0.15, 0.2) is 0 Å². The molecule has 3 atom stereocenters. The van der Waals surface area contributed by atoms with E-state index in [-0.39, 0.29) is 17.9 Å². The number of rotatable bonds is 3. The van der Waals surface area contributed by atoms with E-state index in [9.17, 15) is 4.79 Å². The summed E-state index contributed by atoms with van der Waals surface area (Å²) in [5.74, 6) is -0.278. The van der Waals surface area contributed by atoms with Crippen LogP contribution in [-0.2, 0) is 4.79 Å². The molecule has 1 aliphatic heterocycles. The van der Waals surface area contributed by atoms with Crippen LogP contribution in [0.15, 0.2) is 12.7 Å². The molecule has 3 nitrogen and oxygen atoms in total. The fraction of sp³-hybridized carbons (Fsp3) is 0.625. The second-order valence-electron chi connectivity index (χ2n) is 2.91. The molecular weight excluding hydrogens is 142 g/mol. The fourth-order valence-corrected chi connectivity index (χ4v) is 1.40. The summed E-state index contributed by atoms with van der Waals surface area (Å²) in [5, 5.41) is 11.8. The smallest absolute Gasteiger partial charge is 0.228 e. The number of carbonyl (C=O) groups is 1. The Morgan fingerprint density at radius 2 is 2.55 bits per heavy atom. The fourth-order valence-electron chi connectivity index (χ4n) is 1.40. The third-order valence-electron chi connectivity index (χ3n) is 2.00. The highest BCUT2D eigenvalue weighted by Gasteiger charge is 2.41. The van der Waals surface area contributed by atoms with Crippen molar-refractivity contribution in [3.05, 3.63) is 12.7 Å². The number of β-lactam (4-membered cyclic amide) rings is 1. The second kappa shape index (κ2) is 3.05. The monoisotopic (exact) mass is 155 g/mol. The summed E-state index contributed by atoms with van der Waals surface area (Å²) < 4.78 is 0. The van der Waals surface area contributed by atoms with Crippen LogP contribution in [0.1, 0.15) is 13.3 Å². The van der Waals surface area contributed by atoms with Crippen molar-refractivity contribution in [2.75, 3.05) is 0 Å². The van der Waals surface area contributed by atoms with Crippen LogP contribution in [0, 0.1) is 5.92 Å². The summed E-state index contributed by atoms with van der Waals surface area (Å²) in [6, 6.07) is 0.0972. The third kappa shape index (κ3) is 1.43. The first-order valence-corrected chi connectivity index (χ1v) is 3.76. The highest BCUT2D eigenvalue weighted by Crippen LogP contribution is 2.21. The minimum absolute atomic E-state index is 0.0492. The van der Waals surface area contributed by atoms with Gasteiger partial charge in [0.2, 0.25) is 5.91 Å². The minimum Gasteiger partial charge on any atom is -0.393 e. The van der Waals surface area contributed by atoms with E-state index >= 15 is 0 Å². The van der Waals surface area contributed by atoms with Crippen molar-refractivity contribution in [3.8, 4) is 0 Å². The predicted octanol–water partition coefficient (Wildman–Crippen LogP) is 0.0579. The summed E-state index contributed by atoms with van der Waals surface area (Å²) in [7, 11) is 0. The third-order valence-corrected chi connectivity index (χ3v) is 2.00. The van der Waals surface area contributed by atoms with Gasteiger partial charge in [-0.15, -0.1) is 6.58 Å². The highest BCUT2D eigenvalue weighted by atomic mass is 16.3. The Bertz CT molecular complexity index is 175. The Kier molecular flexibility index (Phi) is 2.29. The van der Waals surface area contributed by atoms with Gasteiger partial charge < -0.3 is 10.4 Å². The summed E-state index contributed by atoms with van der Waals surface area (Å²) in [5.41, 5.74) is 0. The lowest BCUT2D eigenvalue weighted by Gasteiger charge is -2.37. The van der Waals surface area contributed by atoms with Crippen LogP contribution >= 0.6 is 0 Å². The largest absolute Gasteiger partial charge is 0.393 e.